The Morgan fingerprint density at radius 1 is 1.40 bits per heavy atom. The molecular formula is C6H13N3O5S. The Morgan fingerprint density at radius 2 is 1.87 bits per heavy atom. The largest absolute Gasteiger partial charge is 0.445 e. The van der Waals surface area contributed by atoms with E-state index >= 15 is 0 Å². The van der Waals surface area contributed by atoms with Crippen molar-refractivity contribution in [1.82, 2.24) is 9.84 Å². The molecule has 15 heavy (non-hydrogen) atoms. The Bertz CT molecular complexity index is 350. The van der Waals surface area contributed by atoms with Crippen LogP contribution in [0.4, 0.5) is 9.59 Å². The molecule has 0 fully saturated rings. The van der Waals surface area contributed by atoms with Gasteiger partial charge in [-0.05, 0) is 13.8 Å². The van der Waals surface area contributed by atoms with Crippen molar-refractivity contribution in [2.45, 2.75) is 20.0 Å². The normalized spacial score (nSPS) is 10.9. The molecule has 0 aromatic heterocycles. The standard InChI is InChI=1S/C6H13N3O5S/c1-4(2)14-6(11)9(8-5(7)10)15(3,12)13/h4H,1-3H3,(H3,7,8,10). The van der Waals surface area contributed by atoms with Crippen LogP contribution in [0.15, 0.2) is 0 Å². The molecule has 88 valence electrons. The number of urea groups is 1. The molecule has 0 aromatic rings. The number of rotatable bonds is 2. The number of hydrazine groups is 1. The fraction of sp³-hybridized carbons (Fsp3) is 0.667. The van der Waals surface area contributed by atoms with Gasteiger partial charge in [-0.2, -0.15) is 0 Å². The summed E-state index contributed by atoms with van der Waals surface area (Å²) >= 11 is 0. The average Bonchev–Trinajstić information content (AvgIpc) is 1.95. The maximum atomic E-state index is 11.2. The molecule has 9 heteroatoms. The minimum absolute atomic E-state index is 0.0370. The van der Waals surface area contributed by atoms with Gasteiger partial charge in [0.15, 0.2) is 0 Å². The van der Waals surface area contributed by atoms with E-state index in [4.69, 9.17) is 5.73 Å². The van der Waals surface area contributed by atoms with Gasteiger partial charge < -0.3 is 10.5 Å². The van der Waals surface area contributed by atoms with Crippen molar-refractivity contribution in [3.8, 4) is 0 Å². The highest BCUT2D eigenvalue weighted by Crippen LogP contribution is 2.00. The molecule has 0 aliphatic heterocycles. The first-order valence-corrected chi connectivity index (χ1v) is 5.76. The first-order valence-electron chi connectivity index (χ1n) is 3.91. The predicted molar refractivity (Wildman–Crippen MR) is 51.0 cm³/mol. The van der Waals surface area contributed by atoms with Crippen molar-refractivity contribution in [2.75, 3.05) is 6.26 Å². The second-order valence-corrected chi connectivity index (χ2v) is 4.77. The van der Waals surface area contributed by atoms with E-state index in [-0.39, 0.29) is 4.41 Å². The van der Waals surface area contributed by atoms with Crippen molar-refractivity contribution < 1.29 is 22.7 Å². The number of primary amides is 1. The van der Waals surface area contributed by atoms with E-state index < -0.39 is 28.3 Å². The van der Waals surface area contributed by atoms with Crippen LogP contribution >= 0.6 is 0 Å². The molecule has 0 aliphatic rings. The zero-order valence-electron chi connectivity index (χ0n) is 8.55. The van der Waals surface area contributed by atoms with Gasteiger partial charge in [0.2, 0.25) is 0 Å². The molecule has 0 atom stereocenters. The van der Waals surface area contributed by atoms with Gasteiger partial charge in [0.05, 0.1) is 12.4 Å². The zero-order chi connectivity index (χ0) is 12.2. The van der Waals surface area contributed by atoms with Crippen molar-refractivity contribution >= 4 is 22.1 Å². The summed E-state index contributed by atoms with van der Waals surface area (Å²) < 4.78 is 26.7. The van der Waals surface area contributed by atoms with Gasteiger partial charge in [-0.1, -0.05) is 0 Å². The van der Waals surface area contributed by atoms with E-state index in [1.165, 1.54) is 13.8 Å². The molecule has 3 N–H and O–H groups in total. The SMILES string of the molecule is CC(C)OC(=O)N(NC(N)=O)S(C)(=O)=O. The van der Waals surface area contributed by atoms with Crippen molar-refractivity contribution in [1.29, 1.82) is 0 Å². The molecule has 0 bridgehead atoms. The van der Waals surface area contributed by atoms with Crippen molar-refractivity contribution in [2.24, 2.45) is 5.73 Å². The molecule has 0 saturated carbocycles. The van der Waals surface area contributed by atoms with Gasteiger partial charge in [0.1, 0.15) is 0 Å². The van der Waals surface area contributed by atoms with E-state index in [9.17, 15) is 18.0 Å². The lowest BCUT2D eigenvalue weighted by molar-refractivity contribution is 0.0895. The number of ether oxygens (including phenoxy) is 1. The van der Waals surface area contributed by atoms with Gasteiger partial charge >= 0.3 is 12.1 Å². The van der Waals surface area contributed by atoms with Crippen LogP contribution in [0.1, 0.15) is 13.8 Å². The van der Waals surface area contributed by atoms with Gasteiger partial charge in [-0.3, -0.25) is 0 Å². The monoisotopic (exact) mass is 239 g/mol. The highest BCUT2D eigenvalue weighted by Gasteiger charge is 2.27. The van der Waals surface area contributed by atoms with Crippen LogP contribution in [-0.4, -0.2) is 37.3 Å². The van der Waals surface area contributed by atoms with Crippen LogP contribution < -0.4 is 11.2 Å². The molecule has 0 aromatic carbocycles. The number of nitrogens with one attached hydrogen (secondary N) is 1. The topological polar surface area (TPSA) is 119 Å². The van der Waals surface area contributed by atoms with Gasteiger partial charge in [-0.25, -0.2) is 23.4 Å². The van der Waals surface area contributed by atoms with E-state index in [1.807, 2.05) is 0 Å². The van der Waals surface area contributed by atoms with Crippen LogP contribution in [0, 0.1) is 0 Å². The summed E-state index contributed by atoms with van der Waals surface area (Å²) in [5.74, 6) is 0. The Labute approximate surface area is 87.4 Å². The van der Waals surface area contributed by atoms with Crippen LogP contribution in [0.25, 0.3) is 0 Å². The van der Waals surface area contributed by atoms with Crippen LogP contribution in [0.3, 0.4) is 0 Å². The molecule has 3 amide bonds. The van der Waals surface area contributed by atoms with Crippen molar-refractivity contribution in [3.63, 3.8) is 0 Å². The maximum Gasteiger partial charge on any atom is 0.443 e. The summed E-state index contributed by atoms with van der Waals surface area (Å²) in [5, 5.41) is 0. The summed E-state index contributed by atoms with van der Waals surface area (Å²) in [7, 11) is -3.96. The molecule has 0 heterocycles. The smallest absolute Gasteiger partial charge is 0.443 e. The molecule has 0 rings (SSSR count). The molecule has 0 spiro atoms. The van der Waals surface area contributed by atoms with Crippen molar-refractivity contribution in [3.05, 3.63) is 0 Å². The van der Waals surface area contributed by atoms with Crippen LogP contribution in [0.5, 0.6) is 0 Å². The molecule has 0 unspecified atom stereocenters. The number of amides is 3. The summed E-state index contributed by atoms with van der Waals surface area (Å²) in [6, 6.07) is -1.18. The van der Waals surface area contributed by atoms with Gasteiger partial charge in [0.25, 0.3) is 10.0 Å². The average molecular weight is 239 g/mol. The van der Waals surface area contributed by atoms with E-state index in [0.29, 0.717) is 0 Å². The van der Waals surface area contributed by atoms with E-state index in [0.717, 1.165) is 6.26 Å². The second-order valence-electron chi connectivity index (χ2n) is 2.94. The minimum Gasteiger partial charge on any atom is -0.445 e. The molecule has 0 aliphatic carbocycles. The van der Waals surface area contributed by atoms with Crippen LogP contribution in [0.2, 0.25) is 0 Å². The summed E-state index contributed by atoms with van der Waals surface area (Å²) in [5.41, 5.74) is 6.33. The number of carbonyl (C=O) groups is 2. The van der Waals surface area contributed by atoms with Crippen LogP contribution in [-0.2, 0) is 14.8 Å². The minimum atomic E-state index is -3.96. The van der Waals surface area contributed by atoms with Gasteiger partial charge in [0, 0.05) is 0 Å². The Balaban J connectivity index is 4.80. The third-order valence-corrected chi connectivity index (χ3v) is 1.95. The summed E-state index contributed by atoms with van der Waals surface area (Å²) in [4.78, 5) is 21.6. The number of carbonyl (C=O) groups excluding carboxylic acids is 2. The number of hydrogen-bond acceptors (Lipinski definition) is 5. The lowest BCUT2D eigenvalue weighted by Crippen LogP contribution is -2.51. The zero-order valence-corrected chi connectivity index (χ0v) is 9.37. The highest BCUT2D eigenvalue weighted by atomic mass is 32.2. The quantitative estimate of drug-likeness (QED) is 0.622. The molecule has 0 radical (unpaired) electrons. The van der Waals surface area contributed by atoms with Gasteiger partial charge in [-0.15, -0.1) is 4.41 Å². The fourth-order valence-electron chi connectivity index (χ4n) is 0.614. The van der Waals surface area contributed by atoms with E-state index in [2.05, 4.69) is 4.74 Å². The Hall–Kier alpha value is -1.51. The molecule has 0 saturated heterocycles. The molecular weight excluding hydrogens is 226 g/mol. The number of sulfonamides is 1. The highest BCUT2D eigenvalue weighted by molar-refractivity contribution is 7.88. The Kier molecular flexibility index (Phi) is 4.34. The first-order chi connectivity index (χ1) is 6.64. The molecule has 8 nitrogen and oxygen atoms in total. The summed E-state index contributed by atoms with van der Waals surface area (Å²) in [6.07, 6.45) is -1.01. The lowest BCUT2D eigenvalue weighted by Gasteiger charge is -2.20. The predicted octanol–water partition coefficient (Wildman–Crippen LogP) is -0.624. The number of hydrogen-bond donors (Lipinski definition) is 2. The summed E-state index contributed by atoms with van der Waals surface area (Å²) in [6.45, 7) is 3.06. The maximum absolute atomic E-state index is 11.2. The number of nitrogens with two attached hydrogens (primary N) is 1. The van der Waals surface area contributed by atoms with E-state index in [1.54, 1.807) is 5.43 Å². The second kappa shape index (κ2) is 4.82. The third-order valence-electron chi connectivity index (χ3n) is 1.05. The third kappa shape index (κ3) is 5.05. The Morgan fingerprint density at radius 3 is 2.13 bits per heavy atom. The lowest BCUT2D eigenvalue weighted by atomic mass is 10.5. The fourth-order valence-corrected chi connectivity index (χ4v) is 1.18. The number of nitrogens with zero attached hydrogens (tertiary/aromatic N) is 1. The first kappa shape index (κ1) is 13.5.